The number of para-hydroxylation sites is 1. The van der Waals surface area contributed by atoms with E-state index >= 15 is 0 Å². The lowest BCUT2D eigenvalue weighted by atomic mass is 9.95. The number of carbonyl (C=O) groups is 1. The van der Waals surface area contributed by atoms with Crippen LogP contribution in [0.4, 0.5) is 0 Å². The second-order valence-electron chi connectivity index (χ2n) is 6.66. The molecule has 3 aromatic rings. The SMILES string of the molecule is C=C(Cc1ccc(CCC(C)=O)c(C)c1)c1cnc2ccccc2c1.CC. The zero-order chi connectivity index (χ0) is 19.8. The van der Waals surface area contributed by atoms with Gasteiger partial charge in [-0.2, -0.15) is 0 Å². The molecular weight excluding hydrogens is 330 g/mol. The summed E-state index contributed by atoms with van der Waals surface area (Å²) in [6, 6.07) is 16.8. The first-order chi connectivity index (χ1) is 13.0. The van der Waals surface area contributed by atoms with Crippen LogP contribution in [0.1, 0.15) is 49.4 Å². The van der Waals surface area contributed by atoms with Gasteiger partial charge >= 0.3 is 0 Å². The number of allylic oxidation sites excluding steroid dienone is 1. The zero-order valence-corrected chi connectivity index (χ0v) is 16.9. The lowest BCUT2D eigenvalue weighted by Crippen LogP contribution is -1.98. The maximum Gasteiger partial charge on any atom is 0.130 e. The first-order valence-electron chi connectivity index (χ1n) is 9.64. The number of fused-ring (bicyclic) bond motifs is 1. The minimum absolute atomic E-state index is 0.237. The average molecular weight is 360 g/mol. The van der Waals surface area contributed by atoms with Crippen molar-refractivity contribution in [3.05, 3.63) is 83.6 Å². The molecule has 3 rings (SSSR count). The first-order valence-corrected chi connectivity index (χ1v) is 9.64. The number of nitrogens with zero attached hydrogens (tertiary/aromatic N) is 1. The topological polar surface area (TPSA) is 30.0 Å². The van der Waals surface area contributed by atoms with E-state index in [9.17, 15) is 4.79 Å². The summed E-state index contributed by atoms with van der Waals surface area (Å²) in [5.74, 6) is 0.237. The van der Waals surface area contributed by atoms with Crippen molar-refractivity contribution in [1.29, 1.82) is 0 Å². The van der Waals surface area contributed by atoms with Crippen LogP contribution >= 0.6 is 0 Å². The van der Waals surface area contributed by atoms with Crippen molar-refractivity contribution in [2.45, 2.75) is 47.0 Å². The fraction of sp³-hybridized carbons (Fsp3) is 0.280. The van der Waals surface area contributed by atoms with E-state index in [-0.39, 0.29) is 5.78 Å². The number of ketones is 1. The molecule has 2 heteroatoms. The van der Waals surface area contributed by atoms with Gasteiger partial charge in [0.25, 0.3) is 0 Å². The van der Waals surface area contributed by atoms with Crippen molar-refractivity contribution >= 4 is 22.3 Å². The Hall–Kier alpha value is -2.74. The highest BCUT2D eigenvalue weighted by Crippen LogP contribution is 2.23. The molecule has 0 aliphatic heterocycles. The summed E-state index contributed by atoms with van der Waals surface area (Å²) in [6.07, 6.45) is 4.12. The van der Waals surface area contributed by atoms with E-state index in [1.807, 2.05) is 38.2 Å². The van der Waals surface area contributed by atoms with Crippen LogP contribution in [-0.4, -0.2) is 10.8 Å². The summed E-state index contributed by atoms with van der Waals surface area (Å²) >= 11 is 0. The fourth-order valence-electron chi connectivity index (χ4n) is 3.07. The van der Waals surface area contributed by atoms with E-state index in [0.29, 0.717) is 6.42 Å². The highest BCUT2D eigenvalue weighted by atomic mass is 16.1. The fourth-order valence-corrected chi connectivity index (χ4v) is 3.07. The molecule has 1 heterocycles. The average Bonchev–Trinajstić information content (AvgIpc) is 2.68. The molecule has 2 aromatic carbocycles. The Kier molecular flexibility index (Phi) is 7.48. The molecular formula is C25H29NO. The highest BCUT2D eigenvalue weighted by molar-refractivity contribution is 5.82. The van der Waals surface area contributed by atoms with Crippen molar-refractivity contribution < 1.29 is 4.79 Å². The molecule has 0 radical (unpaired) electrons. The van der Waals surface area contributed by atoms with Gasteiger partial charge in [-0.15, -0.1) is 0 Å². The Morgan fingerprint density at radius 2 is 1.81 bits per heavy atom. The third kappa shape index (κ3) is 5.62. The predicted octanol–water partition coefficient (Wildman–Crippen LogP) is 6.35. The summed E-state index contributed by atoms with van der Waals surface area (Å²) in [7, 11) is 0. The van der Waals surface area contributed by atoms with Gasteiger partial charge in [-0.05, 0) is 66.6 Å². The molecule has 0 fully saturated rings. The van der Waals surface area contributed by atoms with Gasteiger partial charge in [0.05, 0.1) is 5.52 Å². The number of rotatable bonds is 6. The first kappa shape index (κ1) is 20.6. The van der Waals surface area contributed by atoms with Crippen LogP contribution < -0.4 is 0 Å². The lowest BCUT2D eigenvalue weighted by Gasteiger charge is -2.10. The molecule has 0 saturated carbocycles. The summed E-state index contributed by atoms with van der Waals surface area (Å²) in [5.41, 5.74) is 6.87. The smallest absolute Gasteiger partial charge is 0.130 e. The zero-order valence-electron chi connectivity index (χ0n) is 16.9. The number of benzene rings is 2. The van der Waals surface area contributed by atoms with Gasteiger partial charge in [-0.1, -0.05) is 56.8 Å². The molecule has 0 aliphatic carbocycles. The standard InChI is InChI=1S/C23H23NO.C2H6/c1-16-12-19(9-11-20(16)10-8-18(3)25)13-17(2)22-14-21-6-4-5-7-23(21)24-15-22;1-2/h4-7,9,11-12,14-15H,2,8,10,13H2,1,3H3;1-2H3. The normalized spacial score (nSPS) is 10.2. The third-order valence-electron chi connectivity index (χ3n) is 4.57. The molecule has 27 heavy (non-hydrogen) atoms. The number of aryl methyl sites for hydroxylation is 2. The molecule has 0 unspecified atom stereocenters. The van der Waals surface area contributed by atoms with Gasteiger partial charge in [0, 0.05) is 18.0 Å². The Labute approximate surface area is 163 Å². The maximum absolute atomic E-state index is 11.2. The number of Topliss-reactive ketones (excluding diaryl/α,β-unsaturated/α-hetero) is 1. The van der Waals surface area contributed by atoms with Crippen LogP contribution in [0.15, 0.2) is 61.3 Å². The largest absolute Gasteiger partial charge is 0.300 e. The molecule has 0 aliphatic rings. The Morgan fingerprint density at radius 1 is 1.07 bits per heavy atom. The molecule has 0 N–H and O–H groups in total. The molecule has 0 amide bonds. The number of aromatic nitrogens is 1. The second kappa shape index (κ2) is 9.82. The van der Waals surface area contributed by atoms with Crippen LogP contribution in [0.2, 0.25) is 0 Å². The van der Waals surface area contributed by atoms with Gasteiger partial charge in [-0.25, -0.2) is 0 Å². The number of pyridine rings is 1. The van der Waals surface area contributed by atoms with Gasteiger partial charge in [0.2, 0.25) is 0 Å². The van der Waals surface area contributed by atoms with E-state index < -0.39 is 0 Å². The highest BCUT2D eigenvalue weighted by Gasteiger charge is 2.06. The third-order valence-corrected chi connectivity index (χ3v) is 4.57. The minimum Gasteiger partial charge on any atom is -0.300 e. The van der Waals surface area contributed by atoms with Crippen LogP contribution in [-0.2, 0) is 17.6 Å². The summed E-state index contributed by atoms with van der Waals surface area (Å²) in [5, 5.41) is 1.14. The monoisotopic (exact) mass is 359 g/mol. The van der Waals surface area contributed by atoms with Crippen LogP contribution in [0.3, 0.4) is 0 Å². The van der Waals surface area contributed by atoms with Crippen LogP contribution in [0.5, 0.6) is 0 Å². The summed E-state index contributed by atoms with van der Waals surface area (Å²) < 4.78 is 0. The van der Waals surface area contributed by atoms with Crippen molar-refractivity contribution in [3.63, 3.8) is 0 Å². The van der Waals surface area contributed by atoms with Crippen molar-refractivity contribution in [2.24, 2.45) is 0 Å². The number of hydrogen-bond acceptors (Lipinski definition) is 2. The molecule has 0 saturated heterocycles. The Bertz CT molecular complexity index is 940. The summed E-state index contributed by atoms with van der Waals surface area (Å²) in [4.78, 5) is 15.7. The Morgan fingerprint density at radius 3 is 2.52 bits per heavy atom. The Balaban J connectivity index is 0.00000126. The van der Waals surface area contributed by atoms with Gasteiger partial charge < -0.3 is 4.79 Å². The molecule has 140 valence electrons. The molecule has 1 aromatic heterocycles. The van der Waals surface area contributed by atoms with E-state index in [4.69, 9.17) is 0 Å². The van der Waals surface area contributed by atoms with E-state index in [2.05, 4.69) is 48.8 Å². The minimum atomic E-state index is 0.237. The second-order valence-corrected chi connectivity index (χ2v) is 6.66. The number of hydrogen-bond donors (Lipinski definition) is 0. The molecule has 0 spiro atoms. The molecule has 0 bridgehead atoms. The van der Waals surface area contributed by atoms with E-state index in [1.165, 1.54) is 16.7 Å². The van der Waals surface area contributed by atoms with Crippen molar-refractivity contribution in [2.75, 3.05) is 0 Å². The van der Waals surface area contributed by atoms with Crippen molar-refractivity contribution in [1.82, 2.24) is 4.98 Å². The lowest BCUT2D eigenvalue weighted by molar-refractivity contribution is -0.116. The molecule has 2 nitrogen and oxygen atoms in total. The van der Waals surface area contributed by atoms with Crippen molar-refractivity contribution in [3.8, 4) is 0 Å². The van der Waals surface area contributed by atoms with E-state index in [0.717, 1.165) is 34.9 Å². The van der Waals surface area contributed by atoms with Crippen LogP contribution in [0.25, 0.3) is 16.5 Å². The number of carbonyl (C=O) groups excluding carboxylic acids is 1. The molecule has 0 atom stereocenters. The van der Waals surface area contributed by atoms with Crippen LogP contribution in [0, 0.1) is 6.92 Å². The summed E-state index contributed by atoms with van der Waals surface area (Å²) in [6.45, 7) is 12.0. The predicted molar refractivity (Wildman–Crippen MR) is 116 cm³/mol. The van der Waals surface area contributed by atoms with E-state index in [1.54, 1.807) is 6.92 Å². The van der Waals surface area contributed by atoms with Gasteiger partial charge in [0.15, 0.2) is 0 Å². The maximum atomic E-state index is 11.2. The quantitative estimate of drug-likeness (QED) is 0.513. The van der Waals surface area contributed by atoms with Gasteiger partial charge in [0.1, 0.15) is 5.78 Å². The van der Waals surface area contributed by atoms with Gasteiger partial charge in [-0.3, -0.25) is 4.98 Å².